The lowest BCUT2D eigenvalue weighted by atomic mass is 9.93. The molecule has 0 radical (unpaired) electrons. The van der Waals surface area contributed by atoms with E-state index in [0.29, 0.717) is 5.56 Å². The molecule has 2 atom stereocenters. The fourth-order valence-electron chi connectivity index (χ4n) is 2.75. The Morgan fingerprint density at radius 2 is 1.72 bits per heavy atom. The number of aliphatic hydroxyl groups excluding tert-OH is 1. The van der Waals surface area contributed by atoms with Gasteiger partial charge < -0.3 is 15.3 Å². The van der Waals surface area contributed by atoms with E-state index < -0.39 is 21.9 Å². The molecule has 3 rings (SSSR count). The van der Waals surface area contributed by atoms with Crippen molar-refractivity contribution in [1.82, 2.24) is 4.72 Å². The minimum Gasteiger partial charge on any atom is -0.508 e. The Kier molecular flexibility index (Phi) is 5.81. The number of aromatic hydroxyl groups is 1. The van der Waals surface area contributed by atoms with E-state index in [1.165, 1.54) is 36.4 Å². The first-order chi connectivity index (χ1) is 13.7. The third kappa shape index (κ3) is 4.69. The van der Waals surface area contributed by atoms with Gasteiger partial charge in [0.15, 0.2) is 11.5 Å². The van der Waals surface area contributed by atoms with Gasteiger partial charge in [-0.15, -0.1) is 0 Å². The number of ketones is 1. The number of nitrogens with one attached hydrogen (secondary N) is 1. The Balaban J connectivity index is 1.79. The highest BCUT2D eigenvalue weighted by Crippen LogP contribution is 2.25. The summed E-state index contributed by atoms with van der Waals surface area (Å²) in [6.07, 6.45) is 4.84. The minimum atomic E-state index is -4.21. The van der Waals surface area contributed by atoms with E-state index in [4.69, 9.17) is 0 Å². The van der Waals surface area contributed by atoms with Gasteiger partial charge in [-0.3, -0.25) is 4.79 Å². The molecular formula is C21H19NO6S. The summed E-state index contributed by atoms with van der Waals surface area (Å²) >= 11 is 0. The lowest BCUT2D eigenvalue weighted by molar-refractivity contribution is -0.0278. The van der Waals surface area contributed by atoms with Crippen LogP contribution in [0.4, 0.5) is 0 Å². The number of carbonyl (C=O) groups excluding carboxylic acids is 1. The largest absolute Gasteiger partial charge is 0.508 e. The smallest absolute Gasteiger partial charge is 0.243 e. The van der Waals surface area contributed by atoms with Crippen molar-refractivity contribution in [2.24, 2.45) is 0 Å². The first kappa shape index (κ1) is 20.7. The van der Waals surface area contributed by atoms with E-state index >= 15 is 0 Å². The molecule has 4 N–H and O–H groups in total. The Hall–Kier alpha value is -3.04. The molecule has 7 nitrogen and oxygen atoms in total. The van der Waals surface area contributed by atoms with E-state index in [9.17, 15) is 28.5 Å². The SMILES string of the molecule is O=C(C=CC1=CC=CC(O)(NS(=O)(=O)c2ccc(O)cc2)C1O)c1ccccc1. The second kappa shape index (κ2) is 8.14. The summed E-state index contributed by atoms with van der Waals surface area (Å²) in [4.78, 5) is 12.0. The van der Waals surface area contributed by atoms with E-state index in [0.717, 1.165) is 18.2 Å². The molecule has 0 amide bonds. The van der Waals surface area contributed by atoms with Crippen molar-refractivity contribution >= 4 is 15.8 Å². The zero-order chi connectivity index (χ0) is 21.1. The summed E-state index contributed by atoms with van der Waals surface area (Å²) in [6.45, 7) is 0. The van der Waals surface area contributed by atoms with Gasteiger partial charge in [0.25, 0.3) is 0 Å². The minimum absolute atomic E-state index is 0.112. The fourth-order valence-corrected chi connectivity index (χ4v) is 3.97. The number of carbonyl (C=O) groups is 1. The van der Waals surface area contributed by atoms with Crippen molar-refractivity contribution in [2.45, 2.75) is 16.7 Å². The maximum absolute atomic E-state index is 12.5. The molecule has 0 saturated heterocycles. The van der Waals surface area contributed by atoms with Gasteiger partial charge in [-0.05, 0) is 42.0 Å². The standard InChI is InChI=1S/C21H19NO6S/c23-17-9-11-18(12-10-17)29(27,28)22-21(26)14-4-7-16(20(21)25)8-13-19(24)15-5-2-1-3-6-15/h1-14,20,22-23,25-26H. The van der Waals surface area contributed by atoms with Crippen LogP contribution in [-0.2, 0) is 10.0 Å². The maximum atomic E-state index is 12.5. The molecule has 0 saturated carbocycles. The van der Waals surface area contributed by atoms with Crippen molar-refractivity contribution < 1.29 is 28.5 Å². The highest BCUT2D eigenvalue weighted by molar-refractivity contribution is 7.89. The monoisotopic (exact) mass is 413 g/mol. The van der Waals surface area contributed by atoms with Crippen LogP contribution in [0, 0.1) is 0 Å². The van der Waals surface area contributed by atoms with Crippen LogP contribution in [-0.4, -0.2) is 41.3 Å². The number of allylic oxidation sites excluding steroid dienone is 3. The van der Waals surface area contributed by atoms with Crippen LogP contribution >= 0.6 is 0 Å². The molecule has 0 bridgehead atoms. The highest BCUT2D eigenvalue weighted by Gasteiger charge is 2.40. The Morgan fingerprint density at radius 3 is 2.38 bits per heavy atom. The van der Waals surface area contributed by atoms with Crippen molar-refractivity contribution in [3.05, 3.63) is 96.1 Å². The number of phenols is 1. The fraction of sp³-hybridized carbons (Fsp3) is 0.0952. The van der Waals surface area contributed by atoms with Crippen LogP contribution in [0.1, 0.15) is 10.4 Å². The molecule has 2 unspecified atom stereocenters. The van der Waals surface area contributed by atoms with Crippen LogP contribution in [0.5, 0.6) is 5.75 Å². The Labute approximate surface area is 168 Å². The van der Waals surface area contributed by atoms with Gasteiger partial charge in [0.05, 0.1) is 4.90 Å². The van der Waals surface area contributed by atoms with Crippen molar-refractivity contribution in [3.8, 4) is 5.75 Å². The Bertz CT molecular complexity index is 1090. The number of hydrogen-bond acceptors (Lipinski definition) is 6. The van der Waals surface area contributed by atoms with Gasteiger partial charge in [-0.1, -0.05) is 48.6 Å². The molecule has 2 aromatic rings. The summed E-state index contributed by atoms with van der Waals surface area (Å²) in [5.41, 5.74) is -1.72. The molecule has 1 aliphatic carbocycles. The number of aliphatic hydroxyl groups is 2. The Morgan fingerprint density at radius 1 is 1.07 bits per heavy atom. The van der Waals surface area contributed by atoms with E-state index in [2.05, 4.69) is 4.72 Å². The third-order valence-electron chi connectivity index (χ3n) is 4.30. The van der Waals surface area contributed by atoms with Gasteiger partial charge in [-0.2, -0.15) is 4.72 Å². The van der Waals surface area contributed by atoms with Crippen LogP contribution < -0.4 is 4.72 Å². The average Bonchev–Trinajstić information content (AvgIpc) is 2.69. The molecule has 150 valence electrons. The lowest BCUT2D eigenvalue weighted by Crippen LogP contribution is -2.56. The molecular weight excluding hydrogens is 394 g/mol. The number of hydrogen-bond donors (Lipinski definition) is 4. The van der Waals surface area contributed by atoms with Crippen LogP contribution in [0.15, 0.2) is 95.4 Å². The van der Waals surface area contributed by atoms with Crippen LogP contribution in [0.3, 0.4) is 0 Å². The van der Waals surface area contributed by atoms with Gasteiger partial charge in [0.1, 0.15) is 11.9 Å². The first-order valence-electron chi connectivity index (χ1n) is 8.62. The maximum Gasteiger partial charge on any atom is 0.243 e. The summed E-state index contributed by atoms with van der Waals surface area (Å²) in [5, 5.41) is 30.5. The molecule has 29 heavy (non-hydrogen) atoms. The molecule has 0 spiro atoms. The number of benzene rings is 2. The second-order valence-electron chi connectivity index (χ2n) is 6.42. The normalized spacial score (nSPS) is 21.9. The van der Waals surface area contributed by atoms with E-state index in [-0.39, 0.29) is 22.0 Å². The summed E-state index contributed by atoms with van der Waals surface area (Å²) in [7, 11) is -4.21. The summed E-state index contributed by atoms with van der Waals surface area (Å²) in [6, 6.07) is 13.2. The first-order valence-corrected chi connectivity index (χ1v) is 10.1. The highest BCUT2D eigenvalue weighted by atomic mass is 32.2. The van der Waals surface area contributed by atoms with E-state index in [1.54, 1.807) is 30.3 Å². The van der Waals surface area contributed by atoms with Gasteiger partial charge in [0.2, 0.25) is 10.0 Å². The molecule has 1 aliphatic rings. The summed E-state index contributed by atoms with van der Waals surface area (Å²) < 4.78 is 27.1. The summed E-state index contributed by atoms with van der Waals surface area (Å²) in [5.74, 6) is -0.417. The predicted molar refractivity (Wildman–Crippen MR) is 107 cm³/mol. The quantitative estimate of drug-likeness (QED) is 0.324. The molecule has 0 aromatic heterocycles. The topological polar surface area (TPSA) is 124 Å². The average molecular weight is 413 g/mol. The van der Waals surface area contributed by atoms with Gasteiger partial charge in [0, 0.05) is 5.56 Å². The third-order valence-corrected chi connectivity index (χ3v) is 5.79. The molecule has 0 fully saturated rings. The van der Waals surface area contributed by atoms with E-state index in [1.807, 2.05) is 0 Å². The number of sulfonamides is 1. The van der Waals surface area contributed by atoms with Crippen LogP contribution in [0.2, 0.25) is 0 Å². The number of phenolic OH excluding ortho intramolecular Hbond substituents is 1. The van der Waals surface area contributed by atoms with Crippen molar-refractivity contribution in [2.75, 3.05) is 0 Å². The van der Waals surface area contributed by atoms with Crippen molar-refractivity contribution in [3.63, 3.8) is 0 Å². The van der Waals surface area contributed by atoms with Crippen LogP contribution in [0.25, 0.3) is 0 Å². The van der Waals surface area contributed by atoms with Gasteiger partial charge >= 0.3 is 0 Å². The zero-order valence-electron chi connectivity index (χ0n) is 15.1. The van der Waals surface area contributed by atoms with Gasteiger partial charge in [-0.25, -0.2) is 8.42 Å². The second-order valence-corrected chi connectivity index (χ2v) is 8.10. The zero-order valence-corrected chi connectivity index (χ0v) is 16.0. The molecule has 2 aromatic carbocycles. The molecule has 0 aliphatic heterocycles. The molecule has 0 heterocycles. The lowest BCUT2D eigenvalue weighted by Gasteiger charge is -2.33. The van der Waals surface area contributed by atoms with Crippen molar-refractivity contribution in [1.29, 1.82) is 0 Å². The predicted octanol–water partition coefficient (Wildman–Crippen LogP) is 1.66. The molecule has 8 heteroatoms. The number of rotatable bonds is 6.